The predicted molar refractivity (Wildman–Crippen MR) is 159 cm³/mol. The molecule has 3 aromatic rings. The molecule has 8 nitrogen and oxygen atoms in total. The predicted octanol–water partition coefficient (Wildman–Crippen LogP) is 5.35. The fourth-order valence-electron chi connectivity index (χ4n) is 5.61. The number of hydrogen-bond donors (Lipinski definition) is 2. The van der Waals surface area contributed by atoms with Gasteiger partial charge in [0, 0.05) is 25.7 Å². The average Bonchev–Trinajstić information content (AvgIpc) is 3.42. The van der Waals surface area contributed by atoms with Crippen molar-refractivity contribution in [2.45, 2.75) is 50.4 Å². The molecule has 1 saturated carbocycles. The van der Waals surface area contributed by atoms with Gasteiger partial charge in [-0.3, -0.25) is 4.79 Å². The Labute approximate surface area is 250 Å². The van der Waals surface area contributed by atoms with Crippen LogP contribution in [0.2, 0.25) is 5.02 Å². The fraction of sp³-hybridized carbons (Fsp3) is 0.438. The Balaban J connectivity index is 1.10. The molecule has 10 heteroatoms. The van der Waals surface area contributed by atoms with Gasteiger partial charge < -0.3 is 29.7 Å². The van der Waals surface area contributed by atoms with Gasteiger partial charge in [-0.1, -0.05) is 23.7 Å². The van der Waals surface area contributed by atoms with Crippen molar-refractivity contribution in [1.82, 2.24) is 15.2 Å². The molecule has 0 unspecified atom stereocenters. The number of ether oxygens (including phenoxy) is 2. The first-order valence-corrected chi connectivity index (χ1v) is 15.1. The number of nitrogens with one attached hydrogen (secondary N) is 1. The summed E-state index contributed by atoms with van der Waals surface area (Å²) in [6.45, 7) is 3.64. The number of aliphatic hydroxyl groups is 1. The van der Waals surface area contributed by atoms with Gasteiger partial charge in [0.2, 0.25) is 11.8 Å². The van der Waals surface area contributed by atoms with Crippen molar-refractivity contribution in [3.63, 3.8) is 0 Å². The maximum Gasteiger partial charge on any atom is 0.225 e. The zero-order valence-electron chi connectivity index (χ0n) is 23.4. The van der Waals surface area contributed by atoms with Gasteiger partial charge in [-0.2, -0.15) is 4.98 Å². The van der Waals surface area contributed by atoms with E-state index in [2.05, 4.69) is 20.1 Å². The number of carbonyl (C=O) groups is 1. The lowest BCUT2D eigenvalue weighted by molar-refractivity contribution is -0.126. The van der Waals surface area contributed by atoms with E-state index >= 15 is 0 Å². The Morgan fingerprint density at radius 3 is 2.60 bits per heavy atom. The van der Waals surface area contributed by atoms with E-state index in [0.29, 0.717) is 59.8 Å². The summed E-state index contributed by atoms with van der Waals surface area (Å²) in [5.41, 5.74) is 0.655. The number of pyridine rings is 1. The van der Waals surface area contributed by atoms with Gasteiger partial charge in [0.05, 0.1) is 23.1 Å². The van der Waals surface area contributed by atoms with Gasteiger partial charge in [0.25, 0.3) is 0 Å². The van der Waals surface area contributed by atoms with Gasteiger partial charge in [-0.15, -0.1) is 0 Å². The minimum atomic E-state index is -0.915. The molecule has 0 bridgehead atoms. The van der Waals surface area contributed by atoms with Crippen LogP contribution in [-0.2, 0) is 4.79 Å². The van der Waals surface area contributed by atoms with E-state index in [1.165, 1.54) is 12.1 Å². The second kappa shape index (κ2) is 12.9. The lowest BCUT2D eigenvalue weighted by Gasteiger charge is -2.30. The lowest BCUT2D eigenvalue weighted by Crippen LogP contribution is -2.48. The van der Waals surface area contributed by atoms with Crippen LogP contribution in [0.4, 0.5) is 10.2 Å². The maximum atomic E-state index is 13.5. The molecule has 0 radical (unpaired) electrons. The van der Waals surface area contributed by atoms with E-state index in [9.17, 15) is 14.3 Å². The molecule has 2 aliphatic heterocycles. The van der Waals surface area contributed by atoms with E-state index in [1.807, 2.05) is 24.3 Å². The summed E-state index contributed by atoms with van der Waals surface area (Å²) < 4.78 is 24.9. The highest BCUT2D eigenvalue weighted by atomic mass is 35.5. The van der Waals surface area contributed by atoms with Crippen molar-refractivity contribution in [3.05, 3.63) is 77.1 Å². The second-order valence-electron chi connectivity index (χ2n) is 11.4. The maximum absolute atomic E-state index is 13.5. The summed E-state index contributed by atoms with van der Waals surface area (Å²) in [6, 6.07) is 16.2. The van der Waals surface area contributed by atoms with E-state index in [-0.39, 0.29) is 23.7 Å². The van der Waals surface area contributed by atoms with Crippen molar-refractivity contribution in [1.29, 1.82) is 0 Å². The first-order valence-electron chi connectivity index (χ1n) is 14.7. The summed E-state index contributed by atoms with van der Waals surface area (Å²) in [6.07, 6.45) is 4.28. The number of benzene rings is 2. The molecule has 2 saturated heterocycles. The van der Waals surface area contributed by atoms with Crippen molar-refractivity contribution in [2.75, 3.05) is 37.6 Å². The smallest absolute Gasteiger partial charge is 0.225 e. The number of aliphatic hydroxyl groups excluding tert-OH is 1. The van der Waals surface area contributed by atoms with Crippen LogP contribution in [0, 0.1) is 11.7 Å². The zero-order chi connectivity index (χ0) is 29.1. The van der Waals surface area contributed by atoms with Crippen molar-refractivity contribution in [3.8, 4) is 17.4 Å². The molecule has 2 N–H and O–H groups in total. The van der Waals surface area contributed by atoms with Crippen molar-refractivity contribution >= 4 is 23.3 Å². The van der Waals surface area contributed by atoms with Crippen molar-refractivity contribution in [2.24, 2.45) is 5.92 Å². The summed E-state index contributed by atoms with van der Waals surface area (Å²) in [5.74, 6) is 1.56. The van der Waals surface area contributed by atoms with Crippen LogP contribution >= 0.6 is 11.6 Å². The van der Waals surface area contributed by atoms with Crippen LogP contribution in [0.15, 0.2) is 60.7 Å². The SMILES string of the molecule is O=C(N[C@H](CN1CCCC1)[C@H](O)c1ccc(OC2CC2)c(Cl)c1)[C@@H]1CCN(c2cccc(Oc3ccc(F)cc3)n2)C1. The number of likely N-dealkylation sites (tertiary alicyclic amines) is 1. The molecule has 42 heavy (non-hydrogen) atoms. The molecule has 3 fully saturated rings. The second-order valence-corrected chi connectivity index (χ2v) is 11.8. The van der Waals surface area contributed by atoms with Gasteiger partial charge in [-0.05, 0) is 93.2 Å². The Kier molecular flexibility index (Phi) is 8.79. The lowest BCUT2D eigenvalue weighted by atomic mass is 10.00. The standard InChI is InChI=1S/C32H36ClFN4O4/c33-26-18-21(6-13-28(26)41-24-11-12-24)31(39)27(20-37-15-1-2-16-37)35-32(40)22-14-17-38(19-22)29-4-3-5-30(36-29)42-25-9-7-23(34)8-10-25/h3-10,13,18,22,24,27,31,39H,1-2,11-12,14-17,19-20H2,(H,35,40)/t22-,27-,31-/m1/s1. The van der Waals surface area contributed by atoms with E-state index in [1.54, 1.807) is 24.3 Å². The zero-order valence-corrected chi connectivity index (χ0v) is 24.2. The largest absolute Gasteiger partial charge is 0.489 e. The highest BCUT2D eigenvalue weighted by molar-refractivity contribution is 6.32. The first kappa shape index (κ1) is 28.7. The van der Waals surface area contributed by atoms with Crippen LogP contribution in [0.25, 0.3) is 0 Å². The molecule has 1 amide bonds. The molecule has 2 aromatic carbocycles. The Morgan fingerprint density at radius 2 is 1.86 bits per heavy atom. The topological polar surface area (TPSA) is 87.2 Å². The van der Waals surface area contributed by atoms with Gasteiger partial charge in [0.15, 0.2) is 0 Å². The number of aromatic nitrogens is 1. The molecular formula is C32H36ClFN4O4. The third-order valence-corrected chi connectivity index (χ3v) is 8.40. The summed E-state index contributed by atoms with van der Waals surface area (Å²) in [4.78, 5) is 22.5. The Bertz CT molecular complexity index is 1380. The summed E-state index contributed by atoms with van der Waals surface area (Å²) in [5, 5.41) is 15.1. The molecule has 3 atom stereocenters. The number of hydrogen-bond acceptors (Lipinski definition) is 7. The van der Waals surface area contributed by atoms with E-state index in [4.69, 9.17) is 21.1 Å². The molecule has 222 valence electrons. The molecule has 6 rings (SSSR count). The van der Waals surface area contributed by atoms with Gasteiger partial charge >= 0.3 is 0 Å². The Morgan fingerprint density at radius 1 is 1.07 bits per heavy atom. The minimum absolute atomic E-state index is 0.0840. The molecule has 3 aliphatic rings. The number of amides is 1. The number of anilines is 1. The third-order valence-electron chi connectivity index (χ3n) is 8.11. The number of rotatable bonds is 11. The summed E-state index contributed by atoms with van der Waals surface area (Å²) >= 11 is 6.50. The van der Waals surface area contributed by atoms with Gasteiger partial charge in [0.1, 0.15) is 29.2 Å². The van der Waals surface area contributed by atoms with E-state index < -0.39 is 12.1 Å². The van der Waals surface area contributed by atoms with Crippen LogP contribution < -0.4 is 19.7 Å². The first-order chi connectivity index (χ1) is 20.4. The minimum Gasteiger partial charge on any atom is -0.489 e. The molecule has 1 aliphatic carbocycles. The van der Waals surface area contributed by atoms with Gasteiger partial charge in [-0.25, -0.2) is 4.39 Å². The fourth-order valence-corrected chi connectivity index (χ4v) is 5.84. The highest BCUT2D eigenvalue weighted by Crippen LogP contribution is 2.34. The Hall–Kier alpha value is -3.40. The van der Waals surface area contributed by atoms with Crippen LogP contribution in [-0.4, -0.2) is 65.8 Å². The molecule has 0 spiro atoms. The van der Waals surface area contributed by atoms with Crippen LogP contribution in [0.1, 0.15) is 43.8 Å². The monoisotopic (exact) mass is 594 g/mol. The number of halogens is 2. The number of nitrogens with zero attached hydrogens (tertiary/aromatic N) is 3. The molecule has 3 heterocycles. The molecule has 1 aromatic heterocycles. The summed E-state index contributed by atoms with van der Waals surface area (Å²) in [7, 11) is 0. The average molecular weight is 595 g/mol. The number of carbonyl (C=O) groups excluding carboxylic acids is 1. The quantitative estimate of drug-likeness (QED) is 0.310. The molecular weight excluding hydrogens is 559 g/mol. The van der Waals surface area contributed by atoms with Crippen molar-refractivity contribution < 1.29 is 23.8 Å². The third kappa shape index (κ3) is 7.14. The van der Waals surface area contributed by atoms with Crippen LogP contribution in [0.3, 0.4) is 0 Å². The van der Waals surface area contributed by atoms with Crippen LogP contribution in [0.5, 0.6) is 17.4 Å². The highest BCUT2D eigenvalue weighted by Gasteiger charge is 2.34. The van der Waals surface area contributed by atoms with E-state index in [0.717, 1.165) is 38.8 Å². The normalized spacial score (nSPS) is 20.4.